The molecule has 0 aliphatic heterocycles. The van der Waals surface area contributed by atoms with Crippen LogP contribution in [0.1, 0.15) is 17.3 Å². The lowest BCUT2D eigenvalue weighted by Gasteiger charge is -2.05. The number of hydrogen-bond acceptors (Lipinski definition) is 3. The molecule has 0 N–H and O–H groups in total. The van der Waals surface area contributed by atoms with Crippen molar-refractivity contribution in [2.75, 3.05) is 13.7 Å². The Morgan fingerprint density at radius 2 is 2.21 bits per heavy atom. The molecule has 4 heteroatoms. The molecule has 0 saturated carbocycles. The van der Waals surface area contributed by atoms with Crippen LogP contribution in [0.25, 0.3) is 0 Å². The van der Waals surface area contributed by atoms with Crippen LogP contribution < -0.4 is 4.74 Å². The van der Waals surface area contributed by atoms with Crippen molar-refractivity contribution in [3.05, 3.63) is 29.6 Å². The molecule has 0 aliphatic rings. The van der Waals surface area contributed by atoms with Gasteiger partial charge in [0.2, 0.25) is 0 Å². The van der Waals surface area contributed by atoms with Gasteiger partial charge in [-0.15, -0.1) is 0 Å². The largest absolute Gasteiger partial charge is 0.494 e. The highest BCUT2D eigenvalue weighted by Crippen LogP contribution is 2.17. The van der Waals surface area contributed by atoms with Crippen molar-refractivity contribution >= 4 is 5.97 Å². The molecule has 0 fully saturated rings. The van der Waals surface area contributed by atoms with Gasteiger partial charge in [0.1, 0.15) is 11.6 Å². The van der Waals surface area contributed by atoms with E-state index < -0.39 is 11.8 Å². The summed E-state index contributed by atoms with van der Waals surface area (Å²) in [6, 6.07) is 4.03. The summed E-state index contributed by atoms with van der Waals surface area (Å²) >= 11 is 0. The monoisotopic (exact) mass is 198 g/mol. The van der Waals surface area contributed by atoms with Crippen molar-refractivity contribution in [1.82, 2.24) is 0 Å². The van der Waals surface area contributed by atoms with E-state index in [1.54, 1.807) is 6.92 Å². The first-order chi connectivity index (χ1) is 6.69. The van der Waals surface area contributed by atoms with Gasteiger partial charge in [0.05, 0.1) is 19.3 Å². The number of rotatable bonds is 3. The van der Waals surface area contributed by atoms with Gasteiger partial charge in [-0.2, -0.15) is 0 Å². The van der Waals surface area contributed by atoms with Gasteiger partial charge >= 0.3 is 5.97 Å². The van der Waals surface area contributed by atoms with E-state index in [4.69, 9.17) is 4.74 Å². The van der Waals surface area contributed by atoms with E-state index >= 15 is 0 Å². The Labute approximate surface area is 81.4 Å². The van der Waals surface area contributed by atoms with Crippen LogP contribution in [0.3, 0.4) is 0 Å². The molecule has 1 aromatic carbocycles. The second-order valence-electron chi connectivity index (χ2n) is 2.57. The number of halogens is 1. The zero-order valence-electron chi connectivity index (χ0n) is 8.04. The lowest BCUT2D eigenvalue weighted by molar-refractivity contribution is 0.0595. The molecule has 3 nitrogen and oxygen atoms in total. The van der Waals surface area contributed by atoms with E-state index in [1.807, 2.05) is 0 Å². The Balaban J connectivity index is 2.95. The summed E-state index contributed by atoms with van der Waals surface area (Å²) in [4.78, 5) is 11.0. The number of carbonyl (C=O) groups excluding carboxylic acids is 1. The van der Waals surface area contributed by atoms with Gasteiger partial charge in [-0.1, -0.05) is 0 Å². The maximum Gasteiger partial charge on any atom is 0.340 e. The highest BCUT2D eigenvalue weighted by molar-refractivity contribution is 5.89. The predicted molar refractivity (Wildman–Crippen MR) is 48.9 cm³/mol. The van der Waals surface area contributed by atoms with E-state index in [0.29, 0.717) is 12.4 Å². The zero-order chi connectivity index (χ0) is 10.6. The Morgan fingerprint density at radius 3 is 2.71 bits per heavy atom. The fraction of sp³-hybridized carbons (Fsp3) is 0.300. The fourth-order valence-electron chi connectivity index (χ4n) is 1.03. The Kier molecular flexibility index (Phi) is 3.45. The van der Waals surface area contributed by atoms with Crippen LogP contribution in [0, 0.1) is 5.82 Å². The summed E-state index contributed by atoms with van der Waals surface area (Å²) in [6.45, 7) is 2.25. The lowest BCUT2D eigenvalue weighted by Crippen LogP contribution is -2.04. The van der Waals surface area contributed by atoms with Crippen molar-refractivity contribution in [2.45, 2.75) is 6.92 Å². The molecule has 0 radical (unpaired) electrons. The number of esters is 1. The van der Waals surface area contributed by atoms with E-state index in [2.05, 4.69) is 4.74 Å². The molecule has 0 saturated heterocycles. The van der Waals surface area contributed by atoms with Crippen LogP contribution in [0.15, 0.2) is 18.2 Å². The summed E-state index contributed by atoms with van der Waals surface area (Å²) in [6.07, 6.45) is 0. The van der Waals surface area contributed by atoms with Crippen molar-refractivity contribution < 1.29 is 18.7 Å². The first kappa shape index (κ1) is 10.5. The van der Waals surface area contributed by atoms with Crippen LogP contribution in [0.4, 0.5) is 4.39 Å². The highest BCUT2D eigenvalue weighted by atomic mass is 19.1. The lowest BCUT2D eigenvalue weighted by atomic mass is 10.2. The number of hydrogen-bond donors (Lipinski definition) is 0. The molecule has 1 aromatic rings. The summed E-state index contributed by atoms with van der Waals surface area (Å²) in [5, 5.41) is 0. The van der Waals surface area contributed by atoms with Gasteiger partial charge in [-0.05, 0) is 19.1 Å². The van der Waals surface area contributed by atoms with Gasteiger partial charge in [0.15, 0.2) is 0 Å². The smallest absolute Gasteiger partial charge is 0.340 e. The predicted octanol–water partition coefficient (Wildman–Crippen LogP) is 2.01. The van der Waals surface area contributed by atoms with E-state index in [-0.39, 0.29) is 5.56 Å². The quantitative estimate of drug-likeness (QED) is 0.697. The van der Waals surface area contributed by atoms with Gasteiger partial charge in [-0.25, -0.2) is 9.18 Å². The van der Waals surface area contributed by atoms with Crippen molar-refractivity contribution in [3.8, 4) is 5.75 Å². The van der Waals surface area contributed by atoms with Gasteiger partial charge in [0.25, 0.3) is 0 Å². The third-order valence-electron chi connectivity index (χ3n) is 1.66. The molecular weight excluding hydrogens is 187 g/mol. The van der Waals surface area contributed by atoms with E-state index in [9.17, 15) is 9.18 Å². The highest BCUT2D eigenvalue weighted by Gasteiger charge is 2.12. The molecule has 0 spiro atoms. The number of methoxy groups -OCH3 is 1. The second kappa shape index (κ2) is 4.60. The molecule has 0 heterocycles. The minimum absolute atomic E-state index is 0.0871. The molecule has 0 atom stereocenters. The summed E-state index contributed by atoms with van der Waals surface area (Å²) in [5.74, 6) is -0.925. The second-order valence-corrected chi connectivity index (χ2v) is 2.57. The third kappa shape index (κ3) is 2.22. The molecule has 76 valence electrons. The maximum absolute atomic E-state index is 13.2. The number of carbonyl (C=O) groups is 1. The zero-order valence-corrected chi connectivity index (χ0v) is 8.04. The average molecular weight is 198 g/mol. The Morgan fingerprint density at radius 1 is 1.50 bits per heavy atom. The van der Waals surface area contributed by atoms with Crippen LogP contribution in [-0.4, -0.2) is 19.7 Å². The van der Waals surface area contributed by atoms with Crippen LogP contribution >= 0.6 is 0 Å². The SMILES string of the molecule is CCOc1ccc(C(=O)OC)c(F)c1. The van der Waals surface area contributed by atoms with E-state index in [1.165, 1.54) is 19.2 Å². The summed E-state index contributed by atoms with van der Waals surface area (Å²) in [7, 11) is 1.21. The van der Waals surface area contributed by atoms with Crippen molar-refractivity contribution in [1.29, 1.82) is 0 Å². The van der Waals surface area contributed by atoms with Gasteiger partial charge in [0, 0.05) is 6.07 Å². The molecule has 0 aromatic heterocycles. The topological polar surface area (TPSA) is 35.5 Å². The Bertz CT molecular complexity index is 336. The summed E-state index contributed by atoms with van der Waals surface area (Å²) < 4.78 is 22.7. The van der Waals surface area contributed by atoms with Crippen LogP contribution in [0.2, 0.25) is 0 Å². The fourth-order valence-corrected chi connectivity index (χ4v) is 1.03. The molecule has 0 amide bonds. The minimum atomic E-state index is -0.689. The number of benzene rings is 1. The molecule has 0 bridgehead atoms. The first-order valence-corrected chi connectivity index (χ1v) is 4.19. The maximum atomic E-state index is 13.2. The third-order valence-corrected chi connectivity index (χ3v) is 1.66. The standard InChI is InChI=1S/C10H11FO3/c1-3-14-7-4-5-8(9(11)6-7)10(12)13-2/h4-6H,3H2,1-2H3. The molecular formula is C10H11FO3. The van der Waals surface area contributed by atoms with E-state index in [0.717, 1.165) is 6.07 Å². The molecule has 14 heavy (non-hydrogen) atoms. The number of ether oxygens (including phenoxy) is 2. The van der Waals surface area contributed by atoms with Crippen molar-refractivity contribution in [3.63, 3.8) is 0 Å². The summed E-state index contributed by atoms with van der Waals surface area (Å²) in [5.41, 5.74) is -0.0871. The molecule has 1 rings (SSSR count). The van der Waals surface area contributed by atoms with Crippen LogP contribution in [0.5, 0.6) is 5.75 Å². The first-order valence-electron chi connectivity index (χ1n) is 4.19. The Hall–Kier alpha value is -1.58. The minimum Gasteiger partial charge on any atom is -0.494 e. The van der Waals surface area contributed by atoms with Crippen LogP contribution in [-0.2, 0) is 4.74 Å². The average Bonchev–Trinajstić information content (AvgIpc) is 2.17. The van der Waals surface area contributed by atoms with Gasteiger partial charge < -0.3 is 9.47 Å². The normalized spacial score (nSPS) is 9.64. The molecule has 0 unspecified atom stereocenters. The van der Waals surface area contributed by atoms with Gasteiger partial charge in [-0.3, -0.25) is 0 Å². The molecule has 0 aliphatic carbocycles. The van der Waals surface area contributed by atoms with Crippen molar-refractivity contribution in [2.24, 2.45) is 0 Å².